The summed E-state index contributed by atoms with van der Waals surface area (Å²) in [6, 6.07) is -0.644. The van der Waals surface area contributed by atoms with Crippen LogP contribution in [0, 0.1) is 0 Å². The molecule has 0 bridgehead atoms. The van der Waals surface area contributed by atoms with Gasteiger partial charge in [-0.1, -0.05) is 0 Å². The number of rotatable bonds is 9. The van der Waals surface area contributed by atoms with Gasteiger partial charge >= 0.3 is 18.0 Å². The van der Waals surface area contributed by atoms with Gasteiger partial charge in [-0.3, -0.25) is 0 Å². The molecule has 0 rings (SSSR count). The van der Waals surface area contributed by atoms with Gasteiger partial charge in [0.1, 0.15) is 30.0 Å². The monoisotopic (exact) mass is 419 g/mol. The predicted molar refractivity (Wildman–Crippen MR) is 106 cm³/mol. The Balaban J connectivity index is 4.62. The van der Waals surface area contributed by atoms with Crippen LogP contribution in [0.2, 0.25) is 0 Å². The lowest BCUT2D eigenvalue weighted by atomic mass is 10.2. The molecule has 0 aliphatic heterocycles. The van der Waals surface area contributed by atoms with Gasteiger partial charge in [0, 0.05) is 0 Å². The van der Waals surface area contributed by atoms with E-state index in [9.17, 15) is 14.4 Å². The van der Waals surface area contributed by atoms with Crippen LogP contribution in [-0.2, 0) is 33.3 Å². The zero-order valence-electron chi connectivity index (χ0n) is 19.2. The fourth-order valence-corrected chi connectivity index (χ4v) is 1.92. The summed E-state index contributed by atoms with van der Waals surface area (Å²) in [6.45, 7) is 15.1. The number of hydrogen-bond acceptors (Lipinski definition) is 8. The van der Waals surface area contributed by atoms with Crippen LogP contribution in [0.3, 0.4) is 0 Å². The molecule has 0 spiro atoms. The molecule has 29 heavy (non-hydrogen) atoms. The van der Waals surface area contributed by atoms with E-state index >= 15 is 0 Å². The van der Waals surface area contributed by atoms with Gasteiger partial charge in [-0.15, -0.1) is 0 Å². The van der Waals surface area contributed by atoms with Crippen molar-refractivity contribution in [3.05, 3.63) is 0 Å². The molecule has 0 atom stereocenters. The quantitative estimate of drug-likeness (QED) is 0.449. The molecule has 0 radical (unpaired) electrons. The van der Waals surface area contributed by atoms with Crippen LogP contribution in [0.4, 0.5) is 4.79 Å². The van der Waals surface area contributed by atoms with Crippen LogP contribution < -0.4 is 5.32 Å². The van der Waals surface area contributed by atoms with E-state index in [1.807, 2.05) is 0 Å². The molecule has 1 N–H and O–H groups in total. The molecule has 0 saturated heterocycles. The Morgan fingerprint density at radius 2 is 1.00 bits per heavy atom. The zero-order chi connectivity index (χ0) is 22.9. The number of carbonyl (C=O) groups excluding carboxylic acids is 3. The molecule has 9 heteroatoms. The summed E-state index contributed by atoms with van der Waals surface area (Å²) in [6.07, 6.45) is -0.663. The number of ether oxygens (including phenoxy) is 5. The Morgan fingerprint density at radius 3 is 1.31 bits per heavy atom. The van der Waals surface area contributed by atoms with Crippen molar-refractivity contribution in [2.24, 2.45) is 0 Å². The minimum absolute atomic E-state index is 0.0349. The van der Waals surface area contributed by atoms with Gasteiger partial charge in [-0.2, -0.15) is 0 Å². The molecular weight excluding hydrogens is 382 g/mol. The van der Waals surface area contributed by atoms with E-state index in [-0.39, 0.29) is 26.4 Å². The fraction of sp³-hybridized carbons (Fsp3) is 0.850. The van der Waals surface area contributed by atoms with Gasteiger partial charge in [0.2, 0.25) is 0 Å². The third-order valence-corrected chi connectivity index (χ3v) is 2.64. The molecule has 0 unspecified atom stereocenters. The Bertz CT molecular complexity index is 506. The molecule has 0 aliphatic rings. The van der Waals surface area contributed by atoms with E-state index in [0.717, 1.165) is 0 Å². The normalized spacial score (nSPS) is 12.5. The molecule has 1 amide bonds. The van der Waals surface area contributed by atoms with E-state index in [4.69, 9.17) is 23.7 Å². The third-order valence-electron chi connectivity index (χ3n) is 2.64. The molecule has 170 valence electrons. The van der Waals surface area contributed by atoms with Crippen molar-refractivity contribution in [3.8, 4) is 0 Å². The zero-order valence-corrected chi connectivity index (χ0v) is 19.2. The Hall–Kier alpha value is -1.87. The Labute approximate surface area is 173 Å². The molecule has 9 nitrogen and oxygen atoms in total. The number of hydrogen-bond donors (Lipinski definition) is 1. The van der Waals surface area contributed by atoms with Crippen molar-refractivity contribution >= 4 is 18.0 Å². The lowest BCUT2D eigenvalue weighted by Crippen LogP contribution is -2.44. The lowest BCUT2D eigenvalue weighted by molar-refractivity contribution is -0.160. The lowest BCUT2D eigenvalue weighted by Gasteiger charge is -2.24. The molecule has 0 fully saturated rings. The highest BCUT2D eigenvalue weighted by Crippen LogP contribution is 2.09. The van der Waals surface area contributed by atoms with E-state index < -0.39 is 40.9 Å². The highest BCUT2D eigenvalue weighted by atomic mass is 16.6. The maximum atomic E-state index is 12.0. The van der Waals surface area contributed by atoms with Crippen LogP contribution in [0.1, 0.15) is 62.3 Å². The minimum atomic E-state index is -0.677. The average Bonchev–Trinajstić information content (AvgIpc) is 2.40. The van der Waals surface area contributed by atoms with Crippen molar-refractivity contribution in [1.82, 2.24) is 5.32 Å². The average molecular weight is 420 g/mol. The maximum absolute atomic E-state index is 12.0. The second kappa shape index (κ2) is 11.3. The Kier molecular flexibility index (Phi) is 10.6. The fourth-order valence-electron chi connectivity index (χ4n) is 1.92. The Morgan fingerprint density at radius 1 is 0.655 bits per heavy atom. The molecular formula is C20H37NO8. The van der Waals surface area contributed by atoms with Crippen LogP contribution >= 0.6 is 0 Å². The summed E-state index contributed by atoms with van der Waals surface area (Å²) in [5.74, 6) is -1.05. The van der Waals surface area contributed by atoms with E-state index in [0.29, 0.717) is 0 Å². The molecule has 0 aliphatic carbocycles. The summed E-state index contributed by atoms with van der Waals surface area (Å²) in [5, 5.41) is 2.60. The summed E-state index contributed by atoms with van der Waals surface area (Å²) in [4.78, 5) is 35.5. The highest BCUT2D eigenvalue weighted by molar-refractivity contribution is 5.71. The third kappa shape index (κ3) is 17.9. The number of carbonyl (C=O) groups is 3. The molecule has 0 heterocycles. The molecule has 0 aromatic carbocycles. The SMILES string of the molecule is CC(C)(C)OC(=O)COCC(COCC(=O)OC(C)(C)C)NC(=O)OC(C)(C)C. The van der Waals surface area contributed by atoms with Crippen molar-refractivity contribution in [1.29, 1.82) is 0 Å². The summed E-state index contributed by atoms with van der Waals surface area (Å²) in [7, 11) is 0. The smallest absolute Gasteiger partial charge is 0.408 e. The highest BCUT2D eigenvalue weighted by Gasteiger charge is 2.22. The van der Waals surface area contributed by atoms with Crippen molar-refractivity contribution in [2.75, 3.05) is 26.4 Å². The van der Waals surface area contributed by atoms with Crippen LogP contribution in [0.15, 0.2) is 0 Å². The van der Waals surface area contributed by atoms with Crippen molar-refractivity contribution in [2.45, 2.75) is 85.2 Å². The van der Waals surface area contributed by atoms with Gasteiger partial charge in [-0.05, 0) is 62.3 Å². The first-order valence-corrected chi connectivity index (χ1v) is 9.55. The van der Waals surface area contributed by atoms with E-state index in [1.165, 1.54) is 0 Å². The second-order valence-corrected chi connectivity index (χ2v) is 9.55. The van der Waals surface area contributed by atoms with E-state index in [2.05, 4.69) is 5.32 Å². The minimum Gasteiger partial charge on any atom is -0.458 e. The van der Waals surface area contributed by atoms with Crippen LogP contribution in [0.5, 0.6) is 0 Å². The number of nitrogens with one attached hydrogen (secondary N) is 1. The van der Waals surface area contributed by atoms with Gasteiger partial charge in [0.25, 0.3) is 0 Å². The second-order valence-electron chi connectivity index (χ2n) is 9.55. The maximum Gasteiger partial charge on any atom is 0.408 e. The van der Waals surface area contributed by atoms with Crippen LogP contribution in [0.25, 0.3) is 0 Å². The van der Waals surface area contributed by atoms with Gasteiger partial charge in [0.15, 0.2) is 0 Å². The summed E-state index contributed by atoms with van der Waals surface area (Å²) < 4.78 is 26.2. The first-order chi connectivity index (χ1) is 13.0. The van der Waals surface area contributed by atoms with Gasteiger partial charge in [0.05, 0.1) is 19.3 Å². The largest absolute Gasteiger partial charge is 0.458 e. The first-order valence-electron chi connectivity index (χ1n) is 9.55. The number of amides is 1. The summed E-state index contributed by atoms with van der Waals surface area (Å²) >= 11 is 0. The number of esters is 2. The predicted octanol–water partition coefficient (Wildman–Crippen LogP) is 2.60. The molecule has 0 saturated carbocycles. The standard InChI is InChI=1S/C20H37NO8/c1-18(2,3)27-15(22)12-25-10-14(21-17(24)29-20(7,8)9)11-26-13-16(23)28-19(4,5)6/h14H,10-13H2,1-9H3,(H,21,24). The first kappa shape index (κ1) is 27.1. The summed E-state index contributed by atoms with van der Waals surface area (Å²) in [5.41, 5.74) is -1.92. The topological polar surface area (TPSA) is 109 Å². The van der Waals surface area contributed by atoms with Gasteiger partial charge in [-0.25, -0.2) is 14.4 Å². The van der Waals surface area contributed by atoms with Gasteiger partial charge < -0.3 is 29.0 Å². The molecule has 0 aromatic rings. The van der Waals surface area contributed by atoms with Crippen molar-refractivity contribution < 1.29 is 38.1 Å². The molecule has 0 aromatic heterocycles. The van der Waals surface area contributed by atoms with Crippen LogP contribution in [-0.4, -0.2) is 67.3 Å². The number of alkyl carbamates (subject to hydrolysis) is 1. The van der Waals surface area contributed by atoms with Crippen molar-refractivity contribution in [3.63, 3.8) is 0 Å². The van der Waals surface area contributed by atoms with E-state index in [1.54, 1.807) is 62.3 Å².